The van der Waals surface area contributed by atoms with Gasteiger partial charge in [0.1, 0.15) is 34.4 Å². The van der Waals surface area contributed by atoms with Crippen LogP contribution in [0.25, 0.3) is 0 Å². The summed E-state index contributed by atoms with van der Waals surface area (Å²) in [5.74, 6) is 1.26. The second-order valence-electron chi connectivity index (χ2n) is 12.2. The Morgan fingerprint density at radius 2 is 1.20 bits per heavy atom. The highest BCUT2D eigenvalue weighted by Gasteiger charge is 2.26. The Kier molecular flexibility index (Phi) is 10.3. The minimum Gasteiger partial charge on any atom is -0.457 e. The normalized spacial score (nSPS) is 16.2. The Hall–Kier alpha value is -5.06. The van der Waals surface area contributed by atoms with E-state index in [1.54, 1.807) is 80.8 Å². The highest BCUT2D eigenvalue weighted by Crippen LogP contribution is 2.31. The first kappa shape index (κ1) is 32.8. The Morgan fingerprint density at radius 3 is 1.64 bits per heavy atom. The van der Waals surface area contributed by atoms with Crippen LogP contribution in [-0.2, 0) is 4.74 Å². The van der Waals surface area contributed by atoms with Gasteiger partial charge < -0.3 is 35.5 Å². The summed E-state index contributed by atoms with van der Waals surface area (Å²) in [5, 5.41) is 13.6. The number of carbonyl (C=O) groups is 3. The van der Waals surface area contributed by atoms with Crippen LogP contribution < -0.4 is 25.8 Å². The molecular weight excluding hydrogens is 574 g/mol. The van der Waals surface area contributed by atoms with Crippen molar-refractivity contribution in [3.8, 4) is 23.0 Å². The third-order valence-corrected chi connectivity index (χ3v) is 7.07. The molecule has 1 saturated carbocycles. The lowest BCUT2D eigenvalue weighted by atomic mass is 9.91. The number of hydrogen-bond donors (Lipinski definition) is 4. The van der Waals surface area contributed by atoms with Crippen LogP contribution in [0.5, 0.6) is 23.0 Å². The van der Waals surface area contributed by atoms with Crippen molar-refractivity contribution in [2.24, 2.45) is 5.73 Å². The van der Waals surface area contributed by atoms with Crippen molar-refractivity contribution in [3.63, 3.8) is 0 Å². The number of amidine groups is 1. The lowest BCUT2D eigenvalue weighted by Crippen LogP contribution is -2.45. The average Bonchev–Trinajstić information content (AvgIpc) is 2.97. The quantitative estimate of drug-likeness (QED) is 0.174. The summed E-state index contributed by atoms with van der Waals surface area (Å²) in [7, 11) is 3.37. The maximum Gasteiger partial charge on any atom is 0.407 e. The van der Waals surface area contributed by atoms with Crippen LogP contribution in [0.1, 0.15) is 72.7 Å². The van der Waals surface area contributed by atoms with Crippen molar-refractivity contribution in [2.45, 2.75) is 64.1 Å². The van der Waals surface area contributed by atoms with Crippen molar-refractivity contribution >= 4 is 23.7 Å². The molecule has 0 heterocycles. The molecule has 0 unspecified atom stereocenters. The summed E-state index contributed by atoms with van der Waals surface area (Å²) in [6.45, 7) is 5.47. The Balaban J connectivity index is 1.48. The summed E-state index contributed by atoms with van der Waals surface area (Å²) in [6, 6.07) is 18.3. The van der Waals surface area contributed by atoms with Gasteiger partial charge in [-0.2, -0.15) is 0 Å². The highest BCUT2D eigenvalue weighted by atomic mass is 16.6. The molecule has 1 aliphatic carbocycles. The molecule has 11 heteroatoms. The van der Waals surface area contributed by atoms with Crippen molar-refractivity contribution in [1.29, 1.82) is 5.41 Å². The van der Waals surface area contributed by atoms with E-state index in [-0.39, 0.29) is 29.7 Å². The van der Waals surface area contributed by atoms with Crippen molar-refractivity contribution in [2.75, 3.05) is 14.1 Å². The first-order valence-electron chi connectivity index (χ1n) is 14.8. The predicted molar refractivity (Wildman–Crippen MR) is 171 cm³/mol. The second kappa shape index (κ2) is 14.1. The van der Waals surface area contributed by atoms with E-state index >= 15 is 0 Å². The Labute approximate surface area is 263 Å². The van der Waals surface area contributed by atoms with E-state index in [1.807, 2.05) is 20.8 Å². The van der Waals surface area contributed by atoms with Crippen LogP contribution in [0.3, 0.4) is 0 Å². The van der Waals surface area contributed by atoms with E-state index in [0.29, 0.717) is 65.4 Å². The number of carbonyl (C=O) groups excluding carboxylic acids is 3. The van der Waals surface area contributed by atoms with Gasteiger partial charge in [-0.1, -0.05) is 0 Å². The van der Waals surface area contributed by atoms with Crippen LogP contribution in [0.2, 0.25) is 0 Å². The number of hydrogen-bond acceptors (Lipinski definition) is 7. The van der Waals surface area contributed by atoms with Gasteiger partial charge in [0, 0.05) is 48.9 Å². The molecule has 238 valence electrons. The molecule has 0 aromatic heterocycles. The van der Waals surface area contributed by atoms with Gasteiger partial charge in [-0.15, -0.1) is 0 Å². The van der Waals surface area contributed by atoms with E-state index in [9.17, 15) is 14.4 Å². The van der Waals surface area contributed by atoms with Crippen LogP contribution in [-0.4, -0.2) is 60.4 Å². The third-order valence-electron chi connectivity index (χ3n) is 7.07. The summed E-state index contributed by atoms with van der Waals surface area (Å²) in [4.78, 5) is 39.4. The number of nitrogens with one attached hydrogen (secondary N) is 3. The molecule has 3 amide bonds. The average molecular weight is 616 g/mol. The van der Waals surface area contributed by atoms with Crippen LogP contribution in [0.4, 0.5) is 4.79 Å². The molecule has 1 fully saturated rings. The van der Waals surface area contributed by atoms with Gasteiger partial charge in [-0.05, 0) is 107 Å². The van der Waals surface area contributed by atoms with E-state index < -0.39 is 11.7 Å². The van der Waals surface area contributed by atoms with Gasteiger partial charge in [0.25, 0.3) is 11.8 Å². The molecule has 0 radical (unpaired) electrons. The summed E-state index contributed by atoms with van der Waals surface area (Å²) < 4.78 is 17.5. The SMILES string of the molecule is CN(C)C(=O)c1ccc(Oc2cc(Oc3ccc(C(=N)N)cc3)cc(C(=O)NC3CCC(NC(=O)OC(C)(C)C)CC3)c2)cc1. The number of amides is 3. The van der Waals surface area contributed by atoms with Crippen molar-refractivity contribution in [1.82, 2.24) is 15.5 Å². The number of ether oxygens (including phenoxy) is 3. The molecule has 11 nitrogen and oxygen atoms in total. The molecule has 1 aliphatic rings. The van der Waals surface area contributed by atoms with E-state index in [2.05, 4.69) is 10.6 Å². The van der Waals surface area contributed by atoms with Crippen LogP contribution >= 0.6 is 0 Å². The van der Waals surface area contributed by atoms with Crippen molar-refractivity contribution in [3.05, 3.63) is 83.4 Å². The monoisotopic (exact) mass is 615 g/mol. The van der Waals surface area contributed by atoms with Crippen LogP contribution in [0, 0.1) is 5.41 Å². The fourth-order valence-corrected chi connectivity index (χ4v) is 4.84. The van der Waals surface area contributed by atoms with Crippen molar-refractivity contribution < 1.29 is 28.6 Å². The lowest BCUT2D eigenvalue weighted by Gasteiger charge is -2.30. The summed E-state index contributed by atoms with van der Waals surface area (Å²) in [5.41, 5.74) is 6.43. The zero-order chi connectivity index (χ0) is 32.7. The number of nitrogen functional groups attached to an aromatic ring is 1. The van der Waals surface area contributed by atoms with E-state index in [4.69, 9.17) is 25.4 Å². The molecule has 3 aromatic carbocycles. The number of benzene rings is 3. The molecule has 5 N–H and O–H groups in total. The van der Waals surface area contributed by atoms with Gasteiger partial charge in [0.15, 0.2) is 0 Å². The number of alkyl carbamates (subject to hydrolysis) is 1. The zero-order valence-electron chi connectivity index (χ0n) is 26.3. The number of rotatable bonds is 9. The molecule has 0 aliphatic heterocycles. The van der Waals surface area contributed by atoms with E-state index in [0.717, 1.165) is 0 Å². The topological polar surface area (TPSA) is 156 Å². The standard InChI is InChI=1S/C34H41N5O6/c1-34(2,3)45-33(42)38-25-12-10-24(11-13-25)37-31(40)23-18-28(43-26-14-6-21(7-15-26)30(35)36)20-29(19-23)44-27-16-8-22(9-17-27)32(41)39(4)5/h6-9,14-20,24-25H,10-13H2,1-5H3,(H3,35,36)(H,37,40)(H,38,42). The van der Waals surface area contributed by atoms with Gasteiger partial charge in [-0.25, -0.2) is 4.79 Å². The molecule has 0 saturated heterocycles. The number of nitrogens with two attached hydrogens (primary N) is 1. The summed E-state index contributed by atoms with van der Waals surface area (Å²) >= 11 is 0. The van der Waals surface area contributed by atoms with Gasteiger partial charge in [0.05, 0.1) is 0 Å². The molecule has 0 bridgehead atoms. The maximum atomic E-state index is 13.4. The van der Waals surface area contributed by atoms with E-state index in [1.165, 1.54) is 4.90 Å². The van der Waals surface area contributed by atoms with Gasteiger partial charge in [-0.3, -0.25) is 15.0 Å². The fraction of sp³-hybridized carbons (Fsp3) is 0.353. The highest BCUT2D eigenvalue weighted by molar-refractivity contribution is 5.96. The fourth-order valence-electron chi connectivity index (χ4n) is 4.84. The second-order valence-corrected chi connectivity index (χ2v) is 12.2. The Bertz CT molecular complexity index is 1520. The zero-order valence-corrected chi connectivity index (χ0v) is 26.3. The molecule has 0 spiro atoms. The first-order chi connectivity index (χ1) is 21.3. The minimum atomic E-state index is -0.567. The molecule has 0 atom stereocenters. The van der Waals surface area contributed by atoms with Crippen LogP contribution in [0.15, 0.2) is 66.7 Å². The Morgan fingerprint density at radius 1 is 0.733 bits per heavy atom. The van der Waals surface area contributed by atoms with Gasteiger partial charge >= 0.3 is 6.09 Å². The molecule has 45 heavy (non-hydrogen) atoms. The third kappa shape index (κ3) is 9.72. The summed E-state index contributed by atoms with van der Waals surface area (Å²) in [6.07, 6.45) is 2.39. The predicted octanol–water partition coefficient (Wildman–Crippen LogP) is 5.82. The largest absolute Gasteiger partial charge is 0.457 e. The molecule has 4 rings (SSSR count). The lowest BCUT2D eigenvalue weighted by molar-refractivity contribution is 0.0487. The minimum absolute atomic E-state index is 0.0152. The first-order valence-corrected chi connectivity index (χ1v) is 14.8. The number of nitrogens with zero attached hydrogens (tertiary/aromatic N) is 1. The molecular formula is C34H41N5O6. The molecule has 3 aromatic rings. The van der Waals surface area contributed by atoms with Gasteiger partial charge in [0.2, 0.25) is 0 Å². The maximum absolute atomic E-state index is 13.4. The smallest absolute Gasteiger partial charge is 0.407 e.